The van der Waals surface area contributed by atoms with E-state index in [0.29, 0.717) is 12.1 Å². The summed E-state index contributed by atoms with van der Waals surface area (Å²) in [5.41, 5.74) is 1.12. The number of nitrogens with zero attached hydrogens (tertiary/aromatic N) is 6. The van der Waals surface area contributed by atoms with Crippen LogP contribution >= 0.6 is 0 Å². The average molecular weight is 343 g/mol. The molecule has 4 rings (SSSR count). The summed E-state index contributed by atoms with van der Waals surface area (Å²) in [5.74, 6) is 1.05. The second kappa shape index (κ2) is 7.66. The van der Waals surface area contributed by atoms with Crippen molar-refractivity contribution in [1.82, 2.24) is 34.8 Å². The highest BCUT2D eigenvalue weighted by molar-refractivity contribution is 4.96. The maximum Gasteiger partial charge on any atom is 0.120 e. The molecule has 0 bridgehead atoms. The lowest BCUT2D eigenvalue weighted by Crippen LogP contribution is -2.36. The van der Waals surface area contributed by atoms with Gasteiger partial charge in [-0.3, -0.25) is 9.80 Å². The second-order valence-electron chi connectivity index (χ2n) is 7.55. The summed E-state index contributed by atoms with van der Waals surface area (Å²) in [5, 5.41) is 8.88. The molecule has 1 N–H and O–H groups in total. The predicted octanol–water partition coefficient (Wildman–Crippen LogP) is 2.21. The van der Waals surface area contributed by atoms with E-state index in [1.165, 1.54) is 25.8 Å². The van der Waals surface area contributed by atoms with Crippen molar-refractivity contribution < 1.29 is 0 Å². The molecule has 0 amide bonds. The molecule has 0 radical (unpaired) electrons. The minimum Gasteiger partial charge on any atom is -0.348 e. The lowest BCUT2D eigenvalue weighted by molar-refractivity contribution is 0.150. The van der Waals surface area contributed by atoms with E-state index < -0.39 is 0 Å². The van der Waals surface area contributed by atoms with Crippen LogP contribution < -0.4 is 0 Å². The van der Waals surface area contributed by atoms with Crippen molar-refractivity contribution in [2.24, 2.45) is 0 Å². The molecule has 2 saturated heterocycles. The van der Waals surface area contributed by atoms with Gasteiger partial charge in [-0.15, -0.1) is 5.10 Å². The van der Waals surface area contributed by atoms with Gasteiger partial charge in [-0.1, -0.05) is 11.6 Å². The molecule has 1 atom stereocenters. The molecule has 7 heteroatoms. The van der Waals surface area contributed by atoms with Gasteiger partial charge in [0.15, 0.2) is 0 Å². The molecule has 25 heavy (non-hydrogen) atoms. The van der Waals surface area contributed by atoms with Crippen LogP contribution in [0.1, 0.15) is 56.6 Å². The van der Waals surface area contributed by atoms with Crippen molar-refractivity contribution in [3.8, 4) is 0 Å². The van der Waals surface area contributed by atoms with E-state index in [9.17, 15) is 0 Å². The van der Waals surface area contributed by atoms with Crippen molar-refractivity contribution in [3.05, 3.63) is 30.1 Å². The van der Waals surface area contributed by atoms with Gasteiger partial charge < -0.3 is 4.98 Å². The Morgan fingerprint density at radius 1 is 1.12 bits per heavy atom. The lowest BCUT2D eigenvalue weighted by Gasteiger charge is -2.32. The molecule has 0 aliphatic carbocycles. The number of aromatic nitrogens is 5. The van der Waals surface area contributed by atoms with Crippen LogP contribution in [0.15, 0.2) is 18.6 Å². The predicted molar refractivity (Wildman–Crippen MR) is 95.9 cm³/mol. The third-order valence-corrected chi connectivity index (χ3v) is 5.72. The fourth-order valence-corrected chi connectivity index (χ4v) is 4.10. The summed E-state index contributed by atoms with van der Waals surface area (Å²) in [6.45, 7) is 7.55. The first-order valence-electron chi connectivity index (χ1n) is 9.63. The number of piperidine rings is 2. The fraction of sp³-hybridized carbons (Fsp3) is 0.722. The molecule has 0 aromatic carbocycles. The first-order valence-corrected chi connectivity index (χ1v) is 9.63. The third-order valence-electron chi connectivity index (χ3n) is 5.72. The van der Waals surface area contributed by atoms with E-state index in [0.717, 1.165) is 50.5 Å². The first kappa shape index (κ1) is 16.7. The molecule has 2 fully saturated rings. The Kier molecular flexibility index (Phi) is 5.12. The molecule has 2 aromatic heterocycles. The zero-order valence-corrected chi connectivity index (χ0v) is 15.1. The Morgan fingerprint density at radius 2 is 2.00 bits per heavy atom. The van der Waals surface area contributed by atoms with Gasteiger partial charge >= 0.3 is 0 Å². The number of likely N-dealkylation sites (tertiary alicyclic amines) is 2. The average Bonchev–Trinajstić information content (AvgIpc) is 3.30. The van der Waals surface area contributed by atoms with Crippen molar-refractivity contribution in [3.63, 3.8) is 0 Å². The Bertz CT molecular complexity index is 642. The van der Waals surface area contributed by atoms with Gasteiger partial charge in [-0.2, -0.15) is 0 Å². The van der Waals surface area contributed by atoms with Crippen LogP contribution in [0.4, 0.5) is 0 Å². The molecule has 2 aromatic rings. The molecule has 4 heterocycles. The monoisotopic (exact) mass is 343 g/mol. The van der Waals surface area contributed by atoms with Gasteiger partial charge in [-0.05, 0) is 39.2 Å². The summed E-state index contributed by atoms with van der Waals surface area (Å²) in [7, 11) is 0. The van der Waals surface area contributed by atoms with Gasteiger partial charge in [0.05, 0.1) is 24.5 Å². The Balaban J connectivity index is 1.29. The first-order chi connectivity index (χ1) is 12.3. The van der Waals surface area contributed by atoms with Crippen molar-refractivity contribution >= 4 is 0 Å². The Labute approximate surface area is 149 Å². The highest BCUT2D eigenvalue weighted by Crippen LogP contribution is 2.23. The number of H-pyrrole nitrogens is 1. The number of nitrogens with one attached hydrogen (secondary N) is 1. The van der Waals surface area contributed by atoms with E-state index in [4.69, 9.17) is 0 Å². The van der Waals surface area contributed by atoms with Gasteiger partial charge in [0.1, 0.15) is 5.82 Å². The number of hydrogen-bond acceptors (Lipinski definition) is 5. The molecular weight excluding hydrogens is 314 g/mol. The van der Waals surface area contributed by atoms with E-state index in [1.807, 2.05) is 12.4 Å². The fourth-order valence-electron chi connectivity index (χ4n) is 4.10. The highest BCUT2D eigenvalue weighted by Gasteiger charge is 2.23. The zero-order valence-electron chi connectivity index (χ0n) is 15.1. The van der Waals surface area contributed by atoms with Crippen molar-refractivity contribution in [2.75, 3.05) is 19.6 Å². The van der Waals surface area contributed by atoms with Crippen LogP contribution in [0.3, 0.4) is 0 Å². The number of hydrogen-bond donors (Lipinski definition) is 1. The van der Waals surface area contributed by atoms with Gasteiger partial charge in [0, 0.05) is 38.1 Å². The van der Waals surface area contributed by atoms with Crippen LogP contribution in [0.25, 0.3) is 0 Å². The van der Waals surface area contributed by atoms with Gasteiger partial charge in [-0.25, -0.2) is 9.67 Å². The minimum absolute atomic E-state index is 0.480. The van der Waals surface area contributed by atoms with E-state index in [-0.39, 0.29) is 0 Å². The summed E-state index contributed by atoms with van der Waals surface area (Å²) < 4.78 is 2.11. The number of imidazole rings is 1. The third kappa shape index (κ3) is 4.10. The standard InChI is InChI=1S/C18H29N7/c1-15-4-2-3-9-24(15)12-16-13-25(22-21-16)17-5-10-23(11-6-17)14-18-19-7-8-20-18/h7-8,13,15,17H,2-6,9-12,14H2,1H3,(H,19,20)/t15-/m0/s1. The topological polar surface area (TPSA) is 65.9 Å². The van der Waals surface area contributed by atoms with Crippen LogP contribution in [-0.4, -0.2) is 60.4 Å². The molecule has 2 aliphatic rings. The van der Waals surface area contributed by atoms with Gasteiger partial charge in [0.2, 0.25) is 0 Å². The zero-order chi connectivity index (χ0) is 17.1. The molecule has 0 unspecified atom stereocenters. The summed E-state index contributed by atoms with van der Waals surface area (Å²) >= 11 is 0. The normalized spacial score (nSPS) is 24.0. The van der Waals surface area contributed by atoms with Gasteiger partial charge in [0.25, 0.3) is 0 Å². The Morgan fingerprint density at radius 3 is 2.76 bits per heavy atom. The molecule has 0 spiro atoms. The second-order valence-corrected chi connectivity index (χ2v) is 7.55. The smallest absolute Gasteiger partial charge is 0.120 e. The summed E-state index contributed by atoms with van der Waals surface area (Å²) in [6, 6.07) is 1.15. The molecular formula is C18H29N7. The van der Waals surface area contributed by atoms with Crippen molar-refractivity contribution in [2.45, 2.75) is 64.2 Å². The number of aromatic amines is 1. The maximum atomic E-state index is 4.44. The van der Waals surface area contributed by atoms with Crippen LogP contribution in [0.2, 0.25) is 0 Å². The minimum atomic E-state index is 0.480. The molecule has 0 saturated carbocycles. The largest absolute Gasteiger partial charge is 0.348 e. The van der Waals surface area contributed by atoms with Crippen molar-refractivity contribution in [1.29, 1.82) is 0 Å². The summed E-state index contributed by atoms with van der Waals surface area (Å²) in [4.78, 5) is 12.5. The lowest BCUT2D eigenvalue weighted by atomic mass is 10.0. The van der Waals surface area contributed by atoms with Crippen LogP contribution in [0, 0.1) is 0 Å². The number of rotatable bonds is 5. The molecule has 136 valence electrons. The highest BCUT2D eigenvalue weighted by atomic mass is 15.4. The van der Waals surface area contributed by atoms with E-state index in [1.54, 1.807) is 0 Å². The SMILES string of the molecule is C[C@H]1CCCCN1Cc1cn(C2CCN(Cc3ncc[nH]3)CC2)nn1. The van der Waals surface area contributed by atoms with Crippen LogP contribution in [-0.2, 0) is 13.1 Å². The van der Waals surface area contributed by atoms with E-state index >= 15 is 0 Å². The van der Waals surface area contributed by atoms with E-state index in [2.05, 4.69) is 47.9 Å². The Hall–Kier alpha value is -1.73. The summed E-state index contributed by atoms with van der Waals surface area (Å²) in [6.07, 6.45) is 12.1. The quantitative estimate of drug-likeness (QED) is 0.902. The maximum absolute atomic E-state index is 4.44. The van der Waals surface area contributed by atoms with Crippen LogP contribution in [0.5, 0.6) is 0 Å². The molecule has 2 aliphatic heterocycles. The molecule has 7 nitrogen and oxygen atoms in total.